The van der Waals surface area contributed by atoms with Crippen molar-refractivity contribution in [3.05, 3.63) is 0 Å². The van der Waals surface area contributed by atoms with Crippen LogP contribution in [0.15, 0.2) is 0 Å². The van der Waals surface area contributed by atoms with Gasteiger partial charge in [0.2, 0.25) is 0 Å². The Balaban J connectivity index is 5.22. The number of rotatable bonds is 61. The van der Waals surface area contributed by atoms with Crippen molar-refractivity contribution in [3.8, 4) is 0 Å². The molecule has 0 aliphatic heterocycles. The van der Waals surface area contributed by atoms with Crippen LogP contribution in [0.4, 0.5) is 0 Å². The van der Waals surface area contributed by atoms with Crippen LogP contribution in [-0.4, -0.2) is 96.7 Å². The highest BCUT2D eigenvalue weighted by atomic mass is 31.2. The summed E-state index contributed by atoms with van der Waals surface area (Å²) in [6, 6.07) is 0. The molecule has 0 aliphatic rings. The Morgan fingerprint density at radius 3 is 0.850 bits per heavy atom. The number of hydrogen-bond donors (Lipinski definition) is 3. The Labute approximate surface area is 486 Å². The molecule has 0 aliphatic carbocycles. The highest BCUT2D eigenvalue weighted by Crippen LogP contribution is 2.45. The minimum atomic E-state index is -4.94. The topological polar surface area (TPSA) is 237 Å². The zero-order valence-electron chi connectivity index (χ0n) is 51.2. The summed E-state index contributed by atoms with van der Waals surface area (Å²) < 4.78 is 67.8. The van der Waals surface area contributed by atoms with E-state index in [1.54, 1.807) is 0 Å². The average Bonchev–Trinajstić information content (AvgIpc) is 3.42. The molecule has 0 rings (SSSR count). The Kier molecular flexibility index (Phi) is 53.6. The van der Waals surface area contributed by atoms with Gasteiger partial charge in [-0.25, -0.2) is 9.13 Å². The number of phosphoric ester groups is 2. The Hall–Kier alpha value is -1.94. The molecule has 0 fully saturated rings. The highest BCUT2D eigenvalue weighted by molar-refractivity contribution is 7.47. The van der Waals surface area contributed by atoms with Crippen LogP contribution in [0.2, 0.25) is 0 Å². The summed E-state index contributed by atoms with van der Waals surface area (Å²) in [5.41, 5.74) is 0. The number of aliphatic hydroxyl groups is 1. The molecule has 0 amide bonds. The summed E-state index contributed by atoms with van der Waals surface area (Å²) >= 11 is 0. The maximum absolute atomic E-state index is 12.9. The lowest BCUT2D eigenvalue weighted by molar-refractivity contribution is -0.161. The summed E-state index contributed by atoms with van der Waals surface area (Å²) in [7, 11) is -9.87. The molecule has 0 heterocycles. The lowest BCUT2D eigenvalue weighted by Gasteiger charge is -2.21. The van der Waals surface area contributed by atoms with Gasteiger partial charge in [-0.1, -0.05) is 253 Å². The molecule has 0 saturated heterocycles. The van der Waals surface area contributed by atoms with E-state index in [4.69, 9.17) is 37.0 Å². The molecule has 2 unspecified atom stereocenters. The highest BCUT2D eigenvalue weighted by Gasteiger charge is 2.30. The third-order valence-corrected chi connectivity index (χ3v) is 15.9. The second kappa shape index (κ2) is 55.0. The van der Waals surface area contributed by atoms with Gasteiger partial charge in [-0.3, -0.25) is 37.3 Å². The fraction of sp³-hybridized carbons (Fsp3) is 0.934. The van der Waals surface area contributed by atoms with Gasteiger partial charge in [-0.15, -0.1) is 0 Å². The van der Waals surface area contributed by atoms with E-state index >= 15 is 0 Å². The number of carbonyl (C=O) groups is 4. The molecule has 0 aromatic heterocycles. The van der Waals surface area contributed by atoms with Crippen molar-refractivity contribution in [1.82, 2.24) is 0 Å². The van der Waals surface area contributed by atoms with E-state index in [0.29, 0.717) is 31.6 Å². The van der Waals surface area contributed by atoms with Crippen molar-refractivity contribution in [2.75, 3.05) is 39.6 Å². The number of ether oxygens (including phenoxy) is 4. The summed E-state index contributed by atoms with van der Waals surface area (Å²) in [5, 5.41) is 10.5. The van der Waals surface area contributed by atoms with E-state index in [1.165, 1.54) is 122 Å². The zero-order valence-corrected chi connectivity index (χ0v) is 53.0. The predicted molar refractivity (Wildman–Crippen MR) is 317 cm³/mol. The number of carbonyl (C=O) groups excluding carboxylic acids is 4. The van der Waals surface area contributed by atoms with E-state index < -0.39 is 97.5 Å². The molecule has 19 heteroatoms. The van der Waals surface area contributed by atoms with Crippen molar-refractivity contribution >= 4 is 39.5 Å². The van der Waals surface area contributed by atoms with Crippen molar-refractivity contribution < 1.29 is 80.2 Å². The van der Waals surface area contributed by atoms with E-state index in [2.05, 4.69) is 34.6 Å². The van der Waals surface area contributed by atoms with E-state index in [1.807, 2.05) is 0 Å². The van der Waals surface area contributed by atoms with Crippen LogP contribution in [0.1, 0.15) is 304 Å². The van der Waals surface area contributed by atoms with Gasteiger partial charge in [0.15, 0.2) is 12.2 Å². The normalized spacial score (nSPS) is 14.3. The summed E-state index contributed by atoms with van der Waals surface area (Å²) in [6.45, 7) is 7.08. The van der Waals surface area contributed by atoms with Crippen molar-refractivity contribution in [2.24, 2.45) is 5.92 Å². The summed E-state index contributed by atoms with van der Waals surface area (Å²) in [6.07, 6.45) is 37.6. The first kappa shape index (κ1) is 78.1. The smallest absolute Gasteiger partial charge is 0.462 e. The molecule has 0 radical (unpaired) electrons. The van der Waals surface area contributed by atoms with Gasteiger partial charge in [0.05, 0.1) is 26.4 Å². The standard InChI is InChI=1S/C61H118O17P2/c1-6-9-12-15-18-21-23-25-30-35-40-45-59(64)72-51-56(77-60(65)46-41-36-31-26-24-22-19-16-13-10-7-2)52-75-79(67,68)73-48-55(62)49-74-80(69,70)76-53-57(50-71-58(63)44-39-34-29-20-17-14-11-8-3)78-61(66)47-42-37-32-27-28-33-38-43-54(4)5/h54-57,62H,6-53H2,1-5H3,(H,67,68)(H,69,70)/t55-,56-,57-/m1/s1. The fourth-order valence-electron chi connectivity index (χ4n) is 9.05. The van der Waals surface area contributed by atoms with E-state index in [0.717, 1.165) is 96.3 Å². The number of phosphoric acid groups is 2. The molecule has 0 spiro atoms. The van der Waals surface area contributed by atoms with Crippen LogP contribution < -0.4 is 0 Å². The van der Waals surface area contributed by atoms with Crippen LogP contribution in [0, 0.1) is 5.92 Å². The maximum atomic E-state index is 12.9. The minimum Gasteiger partial charge on any atom is -0.462 e. The molecule has 17 nitrogen and oxygen atoms in total. The van der Waals surface area contributed by atoms with Crippen molar-refractivity contribution in [1.29, 1.82) is 0 Å². The third-order valence-electron chi connectivity index (χ3n) is 14.0. The van der Waals surface area contributed by atoms with Gasteiger partial charge < -0.3 is 33.8 Å². The second-order valence-electron chi connectivity index (χ2n) is 22.6. The molecule has 80 heavy (non-hydrogen) atoms. The molecular formula is C61H118O17P2. The van der Waals surface area contributed by atoms with E-state index in [-0.39, 0.29) is 25.7 Å². The lowest BCUT2D eigenvalue weighted by atomic mass is 10.0. The first-order valence-electron chi connectivity index (χ1n) is 32.1. The Morgan fingerprint density at radius 1 is 0.338 bits per heavy atom. The SMILES string of the molecule is CCCCCCCCCCCCCC(=O)OC[C@H](COP(=O)(O)OC[C@@H](O)COP(=O)(O)OC[C@@H](COC(=O)CCCCCCCCCC)OC(=O)CCCCCCCCCC(C)C)OC(=O)CCCCCCCCCCCCC. The van der Waals surface area contributed by atoms with Gasteiger partial charge in [-0.05, 0) is 31.6 Å². The zero-order chi connectivity index (χ0) is 59.2. The molecule has 0 aromatic rings. The van der Waals surface area contributed by atoms with Crippen LogP contribution in [-0.2, 0) is 65.4 Å². The van der Waals surface area contributed by atoms with Gasteiger partial charge in [0, 0.05) is 25.7 Å². The van der Waals surface area contributed by atoms with Crippen LogP contribution in [0.25, 0.3) is 0 Å². The molecule has 474 valence electrons. The molecule has 5 atom stereocenters. The van der Waals surface area contributed by atoms with Crippen LogP contribution in [0.3, 0.4) is 0 Å². The molecule has 0 aromatic carbocycles. The summed E-state index contributed by atoms with van der Waals surface area (Å²) in [5.74, 6) is -1.44. The second-order valence-corrected chi connectivity index (χ2v) is 25.5. The Bertz CT molecular complexity index is 1570. The first-order chi connectivity index (χ1) is 38.5. The molecule has 0 bridgehead atoms. The first-order valence-corrected chi connectivity index (χ1v) is 35.1. The number of unbranched alkanes of at least 4 members (excludes halogenated alkanes) is 33. The van der Waals surface area contributed by atoms with Crippen LogP contribution in [0.5, 0.6) is 0 Å². The van der Waals surface area contributed by atoms with E-state index in [9.17, 15) is 43.2 Å². The van der Waals surface area contributed by atoms with Gasteiger partial charge in [0.25, 0.3) is 0 Å². The lowest BCUT2D eigenvalue weighted by Crippen LogP contribution is -2.30. The van der Waals surface area contributed by atoms with Crippen molar-refractivity contribution in [2.45, 2.75) is 323 Å². The molecule has 3 N–H and O–H groups in total. The van der Waals surface area contributed by atoms with Crippen molar-refractivity contribution in [3.63, 3.8) is 0 Å². The predicted octanol–water partition coefficient (Wildman–Crippen LogP) is 16.6. The molecular weight excluding hydrogens is 1070 g/mol. The third kappa shape index (κ3) is 55.3. The monoisotopic (exact) mass is 1180 g/mol. The van der Waals surface area contributed by atoms with Gasteiger partial charge in [0.1, 0.15) is 19.3 Å². The minimum absolute atomic E-state index is 0.103. The maximum Gasteiger partial charge on any atom is 0.472 e. The summed E-state index contributed by atoms with van der Waals surface area (Å²) in [4.78, 5) is 72.0. The van der Waals surface area contributed by atoms with Gasteiger partial charge >= 0.3 is 39.5 Å². The Morgan fingerprint density at radius 2 is 0.575 bits per heavy atom. The number of esters is 4. The fourth-order valence-corrected chi connectivity index (χ4v) is 10.6. The average molecular weight is 1190 g/mol. The van der Waals surface area contributed by atoms with Gasteiger partial charge in [-0.2, -0.15) is 0 Å². The van der Waals surface area contributed by atoms with Crippen LogP contribution >= 0.6 is 15.6 Å². The quantitative estimate of drug-likeness (QED) is 0.0222. The number of aliphatic hydroxyl groups excluding tert-OH is 1. The largest absolute Gasteiger partial charge is 0.472 e. The molecule has 0 saturated carbocycles. The number of hydrogen-bond acceptors (Lipinski definition) is 15.